The van der Waals surface area contributed by atoms with Gasteiger partial charge in [0.2, 0.25) is 0 Å². The molecule has 0 saturated heterocycles. The Morgan fingerprint density at radius 2 is 0.351 bits per heavy atom. The number of hydrogen-bond acceptors (Lipinski definition) is 2. The molecule has 0 aliphatic rings. The summed E-state index contributed by atoms with van der Waals surface area (Å²) in [4.78, 5) is -4.06. The molecule has 0 aromatic heterocycles. The quantitative estimate of drug-likeness (QED) is 0.0930. The van der Waals surface area contributed by atoms with Crippen LogP contribution in [0, 0.1) is 170 Å². The first-order chi connectivity index (χ1) is 35.5. The molecule has 8 aromatic carbocycles. The van der Waals surface area contributed by atoms with E-state index >= 15 is 96.6 Å². The lowest BCUT2D eigenvalue weighted by atomic mass is 9.99. The number of alkyl halides is 3. The Hall–Kier alpha value is -8.03. The smallest absolute Gasteiger partial charge is 0.294 e. The van der Waals surface area contributed by atoms with Gasteiger partial charge in [-0.25, -0.2) is 123 Å². The fourth-order valence-corrected chi connectivity index (χ4v) is 7.88. The summed E-state index contributed by atoms with van der Waals surface area (Å²) in [5.74, 6) is -97.9. The van der Waals surface area contributed by atoms with Crippen LogP contribution in [-0.2, 0) is 6.18 Å². The minimum atomic E-state index is -6.67. The monoisotopic (exact) mass is 1150 g/mol. The van der Waals surface area contributed by atoms with E-state index in [2.05, 4.69) is 0 Å². The van der Waals surface area contributed by atoms with E-state index in [0.29, 0.717) is 0 Å². The molecule has 0 spiro atoms. The van der Waals surface area contributed by atoms with Crippen molar-refractivity contribution in [2.75, 3.05) is 9.80 Å². The van der Waals surface area contributed by atoms with Gasteiger partial charge in [0, 0.05) is 5.56 Å². The van der Waals surface area contributed by atoms with E-state index in [1.807, 2.05) is 0 Å². The largest absolute Gasteiger partial charge is 0.422 e. The molecule has 0 atom stereocenters. The maximum absolute atomic E-state index is 17.0. The average molecular weight is 1150 g/mol. The first-order valence-corrected chi connectivity index (χ1v) is 19.2. The van der Waals surface area contributed by atoms with Crippen LogP contribution >= 0.6 is 0 Å². The second-order valence-corrected chi connectivity index (χ2v) is 15.3. The summed E-state index contributed by atoms with van der Waals surface area (Å²) >= 11 is 0. The molecule has 0 fully saturated rings. The van der Waals surface area contributed by atoms with Crippen LogP contribution in [0.3, 0.4) is 0 Å². The van der Waals surface area contributed by atoms with Crippen LogP contribution in [-0.4, -0.2) is 0 Å². The van der Waals surface area contributed by atoms with Crippen molar-refractivity contribution in [1.29, 1.82) is 0 Å². The summed E-state index contributed by atoms with van der Waals surface area (Å²) < 4.78 is 478. The molecule has 0 aliphatic carbocycles. The lowest BCUT2D eigenvalue weighted by molar-refractivity contribution is -0.143. The number of nitrogens with zero attached hydrogens (tertiary/aromatic N) is 2. The predicted molar refractivity (Wildman–Crippen MR) is 197 cm³/mol. The number of rotatable bonds is 6. The van der Waals surface area contributed by atoms with E-state index in [9.17, 15) is 39.5 Å². The first-order valence-electron chi connectivity index (χ1n) is 19.2. The van der Waals surface area contributed by atoms with Gasteiger partial charge < -0.3 is 0 Å². The van der Waals surface area contributed by atoms with Gasteiger partial charge in [0.25, 0.3) is 0 Å². The molecular formula is C44H3F31N2. The molecule has 0 unspecified atom stereocenters. The van der Waals surface area contributed by atoms with Crippen molar-refractivity contribution in [3.8, 4) is 0 Å². The molecule has 8 rings (SSSR count). The van der Waals surface area contributed by atoms with Crippen molar-refractivity contribution >= 4 is 66.4 Å². The highest BCUT2D eigenvalue weighted by Crippen LogP contribution is 2.54. The van der Waals surface area contributed by atoms with Crippen LogP contribution in [0.15, 0.2) is 0 Å². The molecule has 2 nitrogen and oxygen atoms in total. The van der Waals surface area contributed by atoms with Crippen LogP contribution in [0.5, 0.6) is 0 Å². The molecule has 8 aromatic rings. The number of anilines is 6. The van der Waals surface area contributed by atoms with E-state index < -0.39 is 256 Å². The second kappa shape index (κ2) is 18.0. The van der Waals surface area contributed by atoms with Crippen molar-refractivity contribution in [3.63, 3.8) is 0 Å². The zero-order chi connectivity index (χ0) is 57.9. The van der Waals surface area contributed by atoms with E-state index in [4.69, 9.17) is 0 Å². The minimum Gasteiger partial charge on any atom is -0.294 e. The van der Waals surface area contributed by atoms with Gasteiger partial charge in [-0.05, 0) is 6.92 Å². The third-order valence-electron chi connectivity index (χ3n) is 11.3. The molecule has 0 saturated carbocycles. The Morgan fingerprint density at radius 1 is 0.195 bits per heavy atom. The van der Waals surface area contributed by atoms with Gasteiger partial charge in [-0.3, -0.25) is 9.80 Å². The van der Waals surface area contributed by atoms with Crippen molar-refractivity contribution in [2.24, 2.45) is 0 Å². The van der Waals surface area contributed by atoms with Crippen molar-refractivity contribution in [2.45, 2.75) is 13.1 Å². The fourth-order valence-electron chi connectivity index (χ4n) is 7.88. The number of hydrogen-bond donors (Lipinski definition) is 0. The lowest BCUT2D eigenvalue weighted by Crippen LogP contribution is -2.25. The van der Waals surface area contributed by atoms with Crippen molar-refractivity contribution in [1.82, 2.24) is 0 Å². The zero-order valence-electron chi connectivity index (χ0n) is 35.1. The van der Waals surface area contributed by atoms with Crippen LogP contribution < -0.4 is 9.80 Å². The molecule has 0 amide bonds. The van der Waals surface area contributed by atoms with Gasteiger partial charge in [0.15, 0.2) is 163 Å². The summed E-state index contributed by atoms with van der Waals surface area (Å²) in [6, 6.07) is 0. The average Bonchev–Trinajstić information content (AvgIpc) is 3.52. The van der Waals surface area contributed by atoms with Gasteiger partial charge in [-0.2, -0.15) is 13.2 Å². The highest BCUT2D eigenvalue weighted by Gasteiger charge is 2.48. The topological polar surface area (TPSA) is 6.48 Å². The molecule has 406 valence electrons. The summed E-state index contributed by atoms with van der Waals surface area (Å²) in [6.07, 6.45) is -6.67. The highest BCUT2D eigenvalue weighted by atomic mass is 19.4. The van der Waals surface area contributed by atoms with E-state index in [1.165, 1.54) is 0 Å². The Kier molecular flexibility index (Phi) is 12.9. The SMILES string of the molecule is Cc1c(F)c(F)c(N(c2c(F)c(F)c3c(F)c(F)c(F)c(F)c3c2F)c2c(F)c(F)c3c(F)c(N(c4c(F)c(F)c(C(F)(F)F)c(F)c4F)c4c(F)c(F)c5c(F)c(F)c(F)c(F)c5c4F)c(F)c(F)c3c2F)c(F)c1F. The highest BCUT2D eigenvalue weighted by molar-refractivity contribution is 5.99. The van der Waals surface area contributed by atoms with Crippen molar-refractivity contribution < 1.29 is 136 Å². The maximum Gasteiger partial charge on any atom is 0.422 e. The van der Waals surface area contributed by atoms with Gasteiger partial charge in [0.1, 0.15) is 39.7 Å². The molecule has 33 heteroatoms. The Bertz CT molecular complexity index is 3980. The lowest BCUT2D eigenvalue weighted by Gasteiger charge is -2.31. The van der Waals surface area contributed by atoms with Crippen LogP contribution in [0.1, 0.15) is 11.1 Å². The number of benzene rings is 8. The standard InChI is InChI=1S/C44H3F31N2/c1-2-10(45)30(65)42(31(66)11(2)46)76(38-20(55)5-3(16(51)32(38)67)12(47)26(61)28(63)14(5)49)40-22(57)7-8(18(53)34(40)69)23(58)41(35(70)19(7)54)77(43-36(71)24(59)9(44(73,74)75)25(60)37(43)72)39-21(56)6-4(17(52)33(39)68)13(48)27(62)29(64)15(6)50/h1H3. The summed E-state index contributed by atoms with van der Waals surface area (Å²) in [7, 11) is 0. The van der Waals surface area contributed by atoms with Crippen LogP contribution in [0.25, 0.3) is 32.3 Å². The molecule has 0 aliphatic heterocycles. The Morgan fingerprint density at radius 3 is 0.558 bits per heavy atom. The predicted octanol–water partition coefficient (Wildman–Crippen LogP) is 17.3. The van der Waals surface area contributed by atoms with Gasteiger partial charge >= 0.3 is 6.18 Å². The van der Waals surface area contributed by atoms with E-state index in [1.54, 1.807) is 0 Å². The molecule has 77 heavy (non-hydrogen) atoms. The summed E-state index contributed by atoms with van der Waals surface area (Å²) in [5.41, 5.74) is -26.4. The maximum atomic E-state index is 17.0. The minimum absolute atomic E-state index is 0.0953. The Labute approximate surface area is 399 Å². The number of fused-ring (bicyclic) bond motifs is 3. The normalized spacial score (nSPS) is 12.2. The molecule has 0 bridgehead atoms. The molecular weight excluding hydrogens is 1150 g/mol. The van der Waals surface area contributed by atoms with E-state index in [-0.39, 0.29) is 6.92 Å². The van der Waals surface area contributed by atoms with Gasteiger partial charge in [0.05, 0.1) is 32.3 Å². The van der Waals surface area contributed by atoms with Crippen molar-refractivity contribution in [3.05, 3.63) is 174 Å². The first kappa shape index (κ1) is 55.2. The van der Waals surface area contributed by atoms with Crippen LogP contribution in [0.2, 0.25) is 0 Å². The zero-order valence-corrected chi connectivity index (χ0v) is 35.1. The second-order valence-electron chi connectivity index (χ2n) is 15.3. The van der Waals surface area contributed by atoms with Gasteiger partial charge in [-0.1, -0.05) is 0 Å². The Balaban J connectivity index is 1.61. The third kappa shape index (κ3) is 7.25. The van der Waals surface area contributed by atoms with E-state index in [0.717, 1.165) is 0 Å². The molecule has 0 N–H and O–H groups in total. The number of halogens is 31. The third-order valence-corrected chi connectivity index (χ3v) is 11.3. The summed E-state index contributed by atoms with van der Waals surface area (Å²) in [5, 5.41) is -17.9. The van der Waals surface area contributed by atoms with Crippen LogP contribution in [0.4, 0.5) is 170 Å². The molecule has 0 radical (unpaired) electrons. The molecule has 0 heterocycles. The van der Waals surface area contributed by atoms with Gasteiger partial charge in [-0.15, -0.1) is 0 Å². The summed E-state index contributed by atoms with van der Waals surface area (Å²) in [6.45, 7) is 0.0953. The fraction of sp³-hybridized carbons (Fsp3) is 0.0455.